The van der Waals surface area contributed by atoms with E-state index in [1.54, 1.807) is 0 Å². The number of aromatic hydroxyl groups is 2. The van der Waals surface area contributed by atoms with E-state index in [4.69, 9.17) is 0 Å². The second-order valence-electron chi connectivity index (χ2n) is 4.54. The fraction of sp³-hybridized carbons (Fsp3) is 0.500. The Morgan fingerprint density at radius 3 is 2.72 bits per heavy atom. The van der Waals surface area contributed by atoms with Crippen LogP contribution in [-0.4, -0.2) is 22.2 Å². The van der Waals surface area contributed by atoms with Gasteiger partial charge in [-0.25, -0.2) is 0 Å². The van der Waals surface area contributed by atoms with Crippen molar-refractivity contribution in [3.63, 3.8) is 0 Å². The van der Waals surface area contributed by atoms with Crippen LogP contribution in [0.15, 0.2) is 18.2 Å². The van der Waals surface area contributed by atoms with Gasteiger partial charge in [-0.3, -0.25) is 4.79 Å². The summed E-state index contributed by atoms with van der Waals surface area (Å²) in [5, 5.41) is 21.7. The highest BCUT2D eigenvalue weighted by Gasteiger charge is 2.15. The first-order valence-electron chi connectivity index (χ1n) is 6.38. The van der Waals surface area contributed by atoms with Crippen molar-refractivity contribution in [3.8, 4) is 11.5 Å². The van der Waals surface area contributed by atoms with Gasteiger partial charge in [0.2, 0.25) is 0 Å². The monoisotopic (exact) mass is 251 g/mol. The molecule has 0 spiro atoms. The Kier molecular flexibility index (Phi) is 5.49. The van der Waals surface area contributed by atoms with Crippen LogP contribution in [0.4, 0.5) is 0 Å². The van der Waals surface area contributed by atoms with E-state index in [-0.39, 0.29) is 29.0 Å². The summed E-state index contributed by atoms with van der Waals surface area (Å²) < 4.78 is 0. The highest BCUT2D eigenvalue weighted by Crippen LogP contribution is 2.28. The number of para-hydroxylation sites is 1. The first-order valence-corrected chi connectivity index (χ1v) is 6.38. The minimum Gasteiger partial charge on any atom is -0.504 e. The molecule has 1 amide bonds. The Bertz CT molecular complexity index is 404. The SMILES string of the molecule is CCCCCC(C)NC(=O)c1cccc(O)c1O. The number of hydrogen-bond donors (Lipinski definition) is 3. The van der Waals surface area contributed by atoms with E-state index < -0.39 is 0 Å². The average Bonchev–Trinajstić information content (AvgIpc) is 2.32. The van der Waals surface area contributed by atoms with Crippen molar-refractivity contribution < 1.29 is 15.0 Å². The number of carbonyl (C=O) groups is 1. The first kappa shape index (κ1) is 14.4. The van der Waals surface area contributed by atoms with Crippen molar-refractivity contribution in [1.82, 2.24) is 5.32 Å². The lowest BCUT2D eigenvalue weighted by atomic mass is 10.1. The lowest BCUT2D eigenvalue weighted by Crippen LogP contribution is -2.32. The zero-order valence-corrected chi connectivity index (χ0v) is 10.9. The molecule has 18 heavy (non-hydrogen) atoms. The van der Waals surface area contributed by atoms with E-state index in [1.165, 1.54) is 18.2 Å². The summed E-state index contributed by atoms with van der Waals surface area (Å²) in [6.07, 6.45) is 4.29. The van der Waals surface area contributed by atoms with Crippen LogP contribution in [0.1, 0.15) is 49.9 Å². The molecule has 0 saturated carbocycles. The Labute approximate surface area is 108 Å². The van der Waals surface area contributed by atoms with E-state index in [0.717, 1.165) is 25.7 Å². The van der Waals surface area contributed by atoms with Crippen molar-refractivity contribution in [2.75, 3.05) is 0 Å². The van der Waals surface area contributed by atoms with Gasteiger partial charge in [0.1, 0.15) is 0 Å². The number of carbonyl (C=O) groups excluding carboxylic acids is 1. The highest BCUT2D eigenvalue weighted by atomic mass is 16.3. The van der Waals surface area contributed by atoms with Gasteiger partial charge in [-0.15, -0.1) is 0 Å². The number of amides is 1. The van der Waals surface area contributed by atoms with Gasteiger partial charge in [-0.05, 0) is 25.5 Å². The molecule has 1 rings (SSSR count). The molecule has 1 atom stereocenters. The molecule has 0 bridgehead atoms. The molecule has 4 nitrogen and oxygen atoms in total. The fourth-order valence-corrected chi connectivity index (χ4v) is 1.79. The largest absolute Gasteiger partial charge is 0.504 e. The maximum Gasteiger partial charge on any atom is 0.255 e. The van der Waals surface area contributed by atoms with E-state index in [2.05, 4.69) is 12.2 Å². The predicted molar refractivity (Wildman–Crippen MR) is 70.8 cm³/mol. The zero-order valence-electron chi connectivity index (χ0n) is 10.9. The smallest absolute Gasteiger partial charge is 0.255 e. The molecule has 3 N–H and O–H groups in total. The quantitative estimate of drug-likeness (QED) is 0.538. The molecule has 0 radical (unpaired) electrons. The van der Waals surface area contributed by atoms with Gasteiger partial charge < -0.3 is 15.5 Å². The van der Waals surface area contributed by atoms with Gasteiger partial charge in [0, 0.05) is 6.04 Å². The molecule has 0 fully saturated rings. The number of phenols is 2. The van der Waals surface area contributed by atoms with Gasteiger partial charge >= 0.3 is 0 Å². The van der Waals surface area contributed by atoms with Gasteiger partial charge in [0.05, 0.1) is 5.56 Å². The average molecular weight is 251 g/mol. The van der Waals surface area contributed by atoms with Gasteiger partial charge in [-0.1, -0.05) is 32.3 Å². The number of unbranched alkanes of at least 4 members (excludes halogenated alkanes) is 2. The summed E-state index contributed by atoms with van der Waals surface area (Å²) in [5.41, 5.74) is 0.109. The third-order valence-electron chi connectivity index (χ3n) is 2.88. The topological polar surface area (TPSA) is 69.6 Å². The molecule has 0 aliphatic heterocycles. The van der Waals surface area contributed by atoms with Crippen LogP contribution >= 0.6 is 0 Å². The maximum absolute atomic E-state index is 11.9. The highest BCUT2D eigenvalue weighted by molar-refractivity contribution is 5.97. The lowest BCUT2D eigenvalue weighted by molar-refractivity contribution is 0.0934. The summed E-state index contributed by atoms with van der Waals surface area (Å²) in [7, 11) is 0. The molecular weight excluding hydrogens is 230 g/mol. The third-order valence-corrected chi connectivity index (χ3v) is 2.88. The van der Waals surface area contributed by atoms with E-state index in [1.807, 2.05) is 6.92 Å². The van der Waals surface area contributed by atoms with E-state index in [0.29, 0.717) is 0 Å². The molecule has 1 aromatic carbocycles. The molecule has 0 saturated heterocycles. The number of hydrogen-bond acceptors (Lipinski definition) is 3. The Balaban J connectivity index is 2.57. The maximum atomic E-state index is 11.9. The van der Waals surface area contributed by atoms with Gasteiger partial charge in [0.15, 0.2) is 11.5 Å². The van der Waals surface area contributed by atoms with Crippen LogP contribution in [-0.2, 0) is 0 Å². The fourth-order valence-electron chi connectivity index (χ4n) is 1.79. The molecule has 0 aliphatic rings. The van der Waals surface area contributed by atoms with Crippen molar-refractivity contribution in [3.05, 3.63) is 23.8 Å². The van der Waals surface area contributed by atoms with Crippen LogP contribution in [0.2, 0.25) is 0 Å². The summed E-state index contributed by atoms with van der Waals surface area (Å²) in [6.45, 7) is 4.07. The number of phenolic OH excluding ortho intramolecular Hbond substituents is 2. The van der Waals surface area contributed by atoms with Crippen molar-refractivity contribution in [2.45, 2.75) is 45.6 Å². The minimum absolute atomic E-state index is 0.0609. The van der Waals surface area contributed by atoms with Crippen LogP contribution in [0.25, 0.3) is 0 Å². The Morgan fingerprint density at radius 2 is 2.06 bits per heavy atom. The van der Waals surface area contributed by atoms with Crippen molar-refractivity contribution >= 4 is 5.91 Å². The van der Waals surface area contributed by atoms with E-state index in [9.17, 15) is 15.0 Å². The number of benzene rings is 1. The van der Waals surface area contributed by atoms with E-state index >= 15 is 0 Å². The normalized spacial score (nSPS) is 12.1. The van der Waals surface area contributed by atoms with Crippen LogP contribution in [0, 0.1) is 0 Å². The Morgan fingerprint density at radius 1 is 1.33 bits per heavy atom. The lowest BCUT2D eigenvalue weighted by Gasteiger charge is -2.14. The molecule has 0 aromatic heterocycles. The number of nitrogens with one attached hydrogen (secondary N) is 1. The molecule has 100 valence electrons. The second kappa shape index (κ2) is 6.89. The zero-order chi connectivity index (χ0) is 13.5. The number of rotatable bonds is 6. The van der Waals surface area contributed by atoms with Gasteiger partial charge in [0.25, 0.3) is 5.91 Å². The third kappa shape index (κ3) is 3.95. The van der Waals surface area contributed by atoms with Crippen molar-refractivity contribution in [1.29, 1.82) is 0 Å². The van der Waals surface area contributed by atoms with Gasteiger partial charge in [-0.2, -0.15) is 0 Å². The summed E-state index contributed by atoms with van der Waals surface area (Å²) in [4.78, 5) is 11.9. The summed E-state index contributed by atoms with van der Waals surface area (Å²) >= 11 is 0. The standard InChI is InChI=1S/C14H21NO3/c1-3-4-5-7-10(2)15-14(18)11-8-6-9-12(16)13(11)17/h6,8-10,16-17H,3-5,7H2,1-2H3,(H,15,18). The minimum atomic E-state index is -0.365. The second-order valence-corrected chi connectivity index (χ2v) is 4.54. The van der Waals surface area contributed by atoms with Crippen LogP contribution < -0.4 is 5.32 Å². The predicted octanol–water partition coefficient (Wildman–Crippen LogP) is 2.80. The van der Waals surface area contributed by atoms with Crippen LogP contribution in [0.5, 0.6) is 11.5 Å². The summed E-state index contributed by atoms with van der Waals surface area (Å²) in [6, 6.07) is 4.43. The molecule has 4 heteroatoms. The molecule has 1 aromatic rings. The molecule has 1 unspecified atom stereocenters. The molecule has 0 heterocycles. The molecule has 0 aliphatic carbocycles. The first-order chi connectivity index (χ1) is 8.56. The van der Waals surface area contributed by atoms with Crippen molar-refractivity contribution in [2.24, 2.45) is 0 Å². The summed E-state index contributed by atoms with van der Waals surface area (Å²) in [5.74, 6) is -0.996. The Hall–Kier alpha value is -1.71. The molecular formula is C14H21NO3. The van der Waals surface area contributed by atoms with Crippen LogP contribution in [0.3, 0.4) is 0 Å².